The Balaban J connectivity index is 1.62. The predicted octanol–water partition coefficient (Wildman–Crippen LogP) is 2.36. The van der Waals surface area contributed by atoms with Crippen LogP contribution in [-0.2, 0) is 6.54 Å². The van der Waals surface area contributed by atoms with Gasteiger partial charge in [-0.25, -0.2) is 4.98 Å². The minimum absolute atomic E-state index is 0.474. The quantitative estimate of drug-likeness (QED) is 0.791. The summed E-state index contributed by atoms with van der Waals surface area (Å²) < 4.78 is 0. The normalized spacial score (nSPS) is 29.6. The van der Waals surface area contributed by atoms with Crippen molar-refractivity contribution in [2.24, 2.45) is 11.8 Å². The number of likely N-dealkylation sites (tertiary alicyclic amines) is 1. The number of hydrogen-bond donors (Lipinski definition) is 0. The number of nitrogens with zero attached hydrogens (tertiary/aromatic N) is 3. The van der Waals surface area contributed by atoms with Crippen molar-refractivity contribution in [3.8, 4) is 0 Å². The van der Waals surface area contributed by atoms with Gasteiger partial charge in [0.05, 0.1) is 18.1 Å². The Morgan fingerprint density at radius 2 is 1.94 bits per heavy atom. The van der Waals surface area contributed by atoms with Crippen LogP contribution < -0.4 is 0 Å². The zero-order chi connectivity index (χ0) is 11.0. The Kier molecular flexibility index (Phi) is 2.82. The first-order valence-electron chi connectivity index (χ1n) is 6.00. The molecule has 1 aliphatic carbocycles. The molecule has 2 aliphatic rings. The van der Waals surface area contributed by atoms with E-state index in [0.717, 1.165) is 24.1 Å². The maximum Gasteiger partial charge on any atom is 0.147 e. The van der Waals surface area contributed by atoms with Crippen molar-refractivity contribution in [1.82, 2.24) is 14.9 Å². The molecule has 1 aromatic rings. The third kappa shape index (κ3) is 2.06. The lowest BCUT2D eigenvalue weighted by molar-refractivity contribution is 0.299. The Labute approximate surface area is 101 Å². The van der Waals surface area contributed by atoms with Gasteiger partial charge in [-0.05, 0) is 24.7 Å². The molecule has 0 aromatic carbocycles. The van der Waals surface area contributed by atoms with E-state index in [2.05, 4.69) is 14.9 Å². The molecule has 0 bridgehead atoms. The number of hydrogen-bond acceptors (Lipinski definition) is 3. The summed E-state index contributed by atoms with van der Waals surface area (Å²) >= 11 is 5.72. The topological polar surface area (TPSA) is 29.0 Å². The highest BCUT2D eigenvalue weighted by atomic mass is 35.5. The van der Waals surface area contributed by atoms with Crippen molar-refractivity contribution < 1.29 is 0 Å². The zero-order valence-electron chi connectivity index (χ0n) is 9.27. The van der Waals surface area contributed by atoms with E-state index in [9.17, 15) is 0 Å². The molecule has 0 spiro atoms. The van der Waals surface area contributed by atoms with Gasteiger partial charge in [-0.2, -0.15) is 0 Å². The zero-order valence-corrected chi connectivity index (χ0v) is 10.0. The molecule has 2 heterocycles. The lowest BCUT2D eigenvalue weighted by Gasteiger charge is -2.15. The van der Waals surface area contributed by atoms with Crippen LogP contribution in [-0.4, -0.2) is 28.0 Å². The van der Waals surface area contributed by atoms with Crippen LogP contribution in [0.25, 0.3) is 0 Å². The highest BCUT2D eigenvalue weighted by molar-refractivity contribution is 6.29. The molecule has 3 rings (SSSR count). The molecule has 0 N–H and O–H groups in total. The van der Waals surface area contributed by atoms with Gasteiger partial charge in [0.15, 0.2) is 0 Å². The summed E-state index contributed by atoms with van der Waals surface area (Å²) in [5, 5.41) is 0.474. The third-order valence-corrected chi connectivity index (χ3v) is 4.06. The van der Waals surface area contributed by atoms with E-state index in [-0.39, 0.29) is 0 Å². The Hall–Kier alpha value is -0.670. The molecule has 3 nitrogen and oxygen atoms in total. The molecule has 1 aliphatic heterocycles. The Bertz CT molecular complexity index is 353. The van der Waals surface area contributed by atoms with Crippen molar-refractivity contribution in [2.45, 2.75) is 25.8 Å². The number of halogens is 1. The van der Waals surface area contributed by atoms with Crippen molar-refractivity contribution >= 4 is 11.6 Å². The molecule has 0 amide bonds. The smallest absolute Gasteiger partial charge is 0.147 e. The summed E-state index contributed by atoms with van der Waals surface area (Å²) in [6.07, 6.45) is 7.70. The van der Waals surface area contributed by atoms with Crippen molar-refractivity contribution in [3.63, 3.8) is 0 Å². The van der Waals surface area contributed by atoms with Crippen molar-refractivity contribution in [2.75, 3.05) is 13.1 Å². The number of rotatable bonds is 2. The van der Waals surface area contributed by atoms with E-state index in [0.29, 0.717) is 5.15 Å². The molecule has 2 fully saturated rings. The van der Waals surface area contributed by atoms with E-state index in [1.165, 1.54) is 32.4 Å². The molecule has 1 saturated heterocycles. The average molecular weight is 238 g/mol. The summed E-state index contributed by atoms with van der Waals surface area (Å²) in [4.78, 5) is 10.9. The molecule has 2 atom stereocenters. The summed E-state index contributed by atoms with van der Waals surface area (Å²) in [6.45, 7) is 3.42. The molecule has 4 heteroatoms. The van der Waals surface area contributed by atoms with Gasteiger partial charge in [-0.3, -0.25) is 9.88 Å². The second kappa shape index (κ2) is 4.30. The molecule has 1 aromatic heterocycles. The summed E-state index contributed by atoms with van der Waals surface area (Å²) in [7, 11) is 0. The van der Waals surface area contributed by atoms with E-state index >= 15 is 0 Å². The molecular weight excluding hydrogens is 222 g/mol. The molecule has 2 unspecified atom stereocenters. The van der Waals surface area contributed by atoms with Gasteiger partial charge in [-0.1, -0.05) is 18.0 Å². The summed E-state index contributed by atoms with van der Waals surface area (Å²) in [5.74, 6) is 1.89. The van der Waals surface area contributed by atoms with Crippen LogP contribution in [0.1, 0.15) is 25.0 Å². The minimum atomic E-state index is 0.474. The highest BCUT2D eigenvalue weighted by Crippen LogP contribution is 2.37. The van der Waals surface area contributed by atoms with E-state index in [4.69, 9.17) is 11.6 Å². The van der Waals surface area contributed by atoms with E-state index in [1.807, 2.05) is 0 Å². The lowest BCUT2D eigenvalue weighted by Crippen LogP contribution is -2.21. The maximum absolute atomic E-state index is 5.72. The van der Waals surface area contributed by atoms with Gasteiger partial charge < -0.3 is 0 Å². The number of fused-ring (bicyclic) bond motifs is 1. The average Bonchev–Trinajstić information content (AvgIpc) is 2.81. The Morgan fingerprint density at radius 3 is 2.56 bits per heavy atom. The van der Waals surface area contributed by atoms with Crippen LogP contribution in [0.15, 0.2) is 12.4 Å². The number of aromatic nitrogens is 2. The first-order valence-corrected chi connectivity index (χ1v) is 6.38. The molecule has 16 heavy (non-hydrogen) atoms. The lowest BCUT2D eigenvalue weighted by atomic mass is 10.0. The third-order valence-electron chi connectivity index (χ3n) is 3.86. The summed E-state index contributed by atoms with van der Waals surface area (Å²) in [5.41, 5.74) is 1.03. The second-order valence-corrected chi connectivity index (χ2v) is 5.36. The monoisotopic (exact) mass is 237 g/mol. The van der Waals surface area contributed by atoms with Crippen molar-refractivity contribution in [3.05, 3.63) is 23.2 Å². The van der Waals surface area contributed by atoms with Gasteiger partial charge in [0, 0.05) is 19.6 Å². The molecule has 0 radical (unpaired) electrons. The van der Waals surface area contributed by atoms with Crippen LogP contribution in [0.5, 0.6) is 0 Å². The second-order valence-electron chi connectivity index (χ2n) is 4.98. The van der Waals surface area contributed by atoms with Gasteiger partial charge >= 0.3 is 0 Å². The minimum Gasteiger partial charge on any atom is -0.297 e. The maximum atomic E-state index is 5.72. The van der Waals surface area contributed by atoms with Gasteiger partial charge in [0.1, 0.15) is 5.15 Å². The fourth-order valence-corrected chi connectivity index (χ4v) is 3.21. The van der Waals surface area contributed by atoms with E-state index in [1.54, 1.807) is 12.4 Å². The summed E-state index contributed by atoms with van der Waals surface area (Å²) in [6, 6.07) is 0. The highest BCUT2D eigenvalue weighted by Gasteiger charge is 2.35. The van der Waals surface area contributed by atoms with Crippen molar-refractivity contribution in [1.29, 1.82) is 0 Å². The largest absolute Gasteiger partial charge is 0.297 e. The van der Waals surface area contributed by atoms with E-state index < -0.39 is 0 Å². The van der Waals surface area contributed by atoms with Crippen LogP contribution >= 0.6 is 11.6 Å². The fraction of sp³-hybridized carbons (Fsp3) is 0.667. The van der Waals surface area contributed by atoms with Crippen LogP contribution in [0.4, 0.5) is 0 Å². The molecular formula is C12H16ClN3. The standard InChI is InChI=1S/C12H16ClN3/c13-12-5-14-11(4-15-12)8-16-6-9-2-1-3-10(9)7-16/h4-5,9-10H,1-3,6-8H2. The first kappa shape index (κ1) is 10.5. The SMILES string of the molecule is Clc1cnc(CN2CC3CCCC3C2)cn1. The molecule has 1 saturated carbocycles. The fourth-order valence-electron chi connectivity index (χ4n) is 3.11. The van der Waals surface area contributed by atoms with Crippen LogP contribution in [0.2, 0.25) is 5.15 Å². The molecule has 86 valence electrons. The Morgan fingerprint density at radius 1 is 1.19 bits per heavy atom. The van der Waals surface area contributed by atoms with Crippen LogP contribution in [0.3, 0.4) is 0 Å². The first-order chi connectivity index (χ1) is 7.81. The van der Waals surface area contributed by atoms with Gasteiger partial charge in [0.2, 0.25) is 0 Å². The van der Waals surface area contributed by atoms with Gasteiger partial charge in [0.25, 0.3) is 0 Å². The predicted molar refractivity (Wildman–Crippen MR) is 63.2 cm³/mol. The van der Waals surface area contributed by atoms with Crippen LogP contribution in [0, 0.1) is 11.8 Å². The van der Waals surface area contributed by atoms with Gasteiger partial charge in [-0.15, -0.1) is 0 Å².